The molecule has 0 saturated heterocycles. The molecule has 0 aliphatic heterocycles. The van der Waals surface area contributed by atoms with E-state index >= 15 is 0 Å². The van der Waals surface area contributed by atoms with Crippen LogP contribution in [0, 0.1) is 14.1 Å². The third kappa shape index (κ3) is 6.16. The molecule has 0 saturated carbocycles. The highest BCUT2D eigenvalue weighted by Crippen LogP contribution is 2.30. The Morgan fingerprint density at radius 1 is 0.788 bits per heavy atom. The van der Waals surface area contributed by atoms with E-state index in [0.29, 0.717) is 0 Å². The van der Waals surface area contributed by atoms with E-state index in [4.69, 9.17) is 2.51 Å². The number of aryl methyl sites for hydroxylation is 1. The van der Waals surface area contributed by atoms with Crippen LogP contribution in [0.2, 0.25) is 0 Å². The molecule has 33 heavy (non-hydrogen) atoms. The molecule has 0 aliphatic rings. The number of hydrogen-bond acceptors (Lipinski definition) is 3. The third-order valence-corrected chi connectivity index (χ3v) is 12.9. The van der Waals surface area contributed by atoms with Crippen LogP contribution >= 0.6 is 0 Å². The molecule has 8 heteroatoms. The number of alkyl halides is 3. The highest BCUT2D eigenvalue weighted by atomic mass is 127. The predicted octanol–water partition coefficient (Wildman–Crippen LogP) is 3.69. The summed E-state index contributed by atoms with van der Waals surface area (Å²) in [4.78, 5) is -0.298. The van der Waals surface area contributed by atoms with Crippen LogP contribution in [0.4, 0.5) is 13.2 Å². The van der Waals surface area contributed by atoms with Crippen molar-refractivity contribution >= 4 is 10.1 Å². The van der Waals surface area contributed by atoms with Gasteiger partial charge < -0.3 is 0 Å². The largest absolute Gasteiger partial charge is 0.416 e. The van der Waals surface area contributed by atoms with Crippen LogP contribution < -0.4 is 20.2 Å². The quantitative estimate of drug-likeness (QED) is 0.395. The van der Waals surface area contributed by atoms with Gasteiger partial charge in [0.25, 0.3) is 0 Å². The van der Waals surface area contributed by atoms with Crippen molar-refractivity contribution in [1.29, 1.82) is 0 Å². The average molecular weight is 590 g/mol. The minimum atomic E-state index is -4.54. The maximum absolute atomic E-state index is 13.0. The molecule has 1 radical (unpaired) electrons. The summed E-state index contributed by atoms with van der Waals surface area (Å²) in [5, 5.41) is 0. The first kappa shape index (κ1) is 25.7. The summed E-state index contributed by atoms with van der Waals surface area (Å²) < 4.78 is 72.0. The molecule has 0 N–H and O–H groups in total. The van der Waals surface area contributed by atoms with Gasteiger partial charge in [-0.05, 0) is 75.4 Å². The van der Waals surface area contributed by atoms with Gasteiger partial charge in [-0.25, -0.2) is 0 Å². The van der Waals surface area contributed by atoms with E-state index in [1.807, 2.05) is 55.5 Å². The van der Waals surface area contributed by atoms with Gasteiger partial charge in [-0.15, -0.1) is 0 Å². The fourth-order valence-electron chi connectivity index (χ4n) is 3.00. The van der Waals surface area contributed by atoms with Crippen LogP contribution in [0.1, 0.15) is 43.9 Å². The Morgan fingerprint density at radius 2 is 1.24 bits per heavy atom. The lowest BCUT2D eigenvalue weighted by atomic mass is 9.82. The summed E-state index contributed by atoms with van der Waals surface area (Å²) in [5.41, 5.74) is 1.23. The van der Waals surface area contributed by atoms with E-state index in [-0.39, 0.29) is 10.3 Å². The molecule has 0 fully saturated rings. The van der Waals surface area contributed by atoms with Crippen LogP contribution in [0.5, 0.6) is 0 Å². The molecule has 0 amide bonds. The summed E-state index contributed by atoms with van der Waals surface area (Å²) >= 11 is -2.93. The molecule has 0 aromatic heterocycles. The molecule has 177 valence electrons. The number of halogens is 4. The number of benzene rings is 3. The van der Waals surface area contributed by atoms with E-state index in [1.165, 1.54) is 0 Å². The minimum absolute atomic E-state index is 0.0193. The Hall–Kier alpha value is -1.91. The Bertz CT molecular complexity index is 1190. The van der Waals surface area contributed by atoms with Crippen LogP contribution in [-0.2, 0) is 24.2 Å². The van der Waals surface area contributed by atoms with Gasteiger partial charge in [0.1, 0.15) is 0 Å². The van der Waals surface area contributed by atoms with Gasteiger partial charge in [0.2, 0.25) is 0 Å². The second-order valence-electron chi connectivity index (χ2n) is 8.33. The molecular formula is C25H26F3IO3S+. The molecule has 3 rings (SSSR count). The van der Waals surface area contributed by atoms with E-state index < -0.39 is 42.1 Å². The summed E-state index contributed by atoms with van der Waals surface area (Å²) in [6, 6.07) is 18.7. The Morgan fingerprint density at radius 3 is 1.70 bits per heavy atom. The van der Waals surface area contributed by atoms with Crippen LogP contribution in [-0.4, -0.2) is 8.42 Å². The van der Waals surface area contributed by atoms with Crippen molar-refractivity contribution in [2.24, 2.45) is 0 Å². The van der Waals surface area contributed by atoms with E-state index in [2.05, 4.69) is 20.8 Å². The van der Waals surface area contributed by atoms with Crippen molar-refractivity contribution in [3.8, 4) is 0 Å². The average Bonchev–Trinajstić information content (AvgIpc) is 2.78. The summed E-state index contributed by atoms with van der Waals surface area (Å²) in [6.07, 6.45) is -3.59. The van der Waals surface area contributed by atoms with Crippen molar-refractivity contribution < 1.29 is 44.3 Å². The van der Waals surface area contributed by atoms with E-state index in [1.54, 1.807) is 0 Å². The van der Waals surface area contributed by atoms with Gasteiger partial charge in [0.05, 0.1) is 10.5 Å². The maximum atomic E-state index is 13.0. The molecule has 3 aromatic carbocycles. The second kappa shape index (κ2) is 9.76. The highest BCUT2D eigenvalue weighted by molar-refractivity contribution is 7.86. The molecule has 3 aromatic rings. The fourth-order valence-corrected chi connectivity index (χ4v) is 9.88. The fraction of sp³-hybridized carbons (Fsp3) is 0.280. The zero-order chi connectivity index (χ0) is 24.4. The molecule has 0 heterocycles. The van der Waals surface area contributed by atoms with Crippen molar-refractivity contribution in [2.75, 3.05) is 0 Å². The topological polar surface area (TPSA) is 43.4 Å². The van der Waals surface area contributed by atoms with Crippen molar-refractivity contribution in [3.63, 3.8) is 0 Å². The smallest absolute Gasteiger partial charge is 0.190 e. The van der Waals surface area contributed by atoms with Crippen LogP contribution in [0.3, 0.4) is 0 Å². The van der Waals surface area contributed by atoms with Gasteiger partial charge in [-0.2, -0.15) is 21.6 Å². The first-order valence-electron chi connectivity index (χ1n) is 10.3. The second-order valence-corrected chi connectivity index (χ2v) is 14.8. The van der Waals surface area contributed by atoms with Gasteiger partial charge in [-0.1, -0.05) is 50.6 Å². The zero-order valence-electron chi connectivity index (χ0n) is 18.8. The molecule has 0 aliphatic carbocycles. The van der Waals surface area contributed by atoms with E-state index in [0.717, 1.165) is 49.0 Å². The Kier molecular flexibility index (Phi) is 7.60. The first-order chi connectivity index (χ1) is 15.3. The zero-order valence-corrected chi connectivity index (χ0v) is 21.8. The SMILES string of the molecule is CCC(C)(C)c1ccc([I+](OS(=O)(=O)c2ccc(C(F)(F)F)cc2)c2ccc(C)cc2)cc1. The van der Waals surface area contributed by atoms with Crippen molar-refractivity contribution in [2.45, 2.75) is 50.6 Å². The summed E-state index contributed by atoms with van der Waals surface area (Å²) in [7, 11) is -4.27. The van der Waals surface area contributed by atoms with Gasteiger partial charge in [-0.3, -0.25) is 0 Å². The lowest BCUT2D eigenvalue weighted by Crippen LogP contribution is -3.85. The monoisotopic (exact) mass is 590 g/mol. The van der Waals surface area contributed by atoms with Crippen molar-refractivity contribution in [1.82, 2.24) is 0 Å². The van der Waals surface area contributed by atoms with Crippen LogP contribution in [0.15, 0.2) is 77.7 Å². The molecule has 0 atom stereocenters. The summed E-state index contributed by atoms with van der Waals surface area (Å²) in [6.45, 7) is 8.33. The van der Waals surface area contributed by atoms with Gasteiger partial charge >= 0.3 is 36.5 Å². The van der Waals surface area contributed by atoms with E-state index in [9.17, 15) is 21.6 Å². The maximum Gasteiger partial charge on any atom is 0.416 e. The van der Waals surface area contributed by atoms with Crippen LogP contribution in [0.25, 0.3) is 0 Å². The molecule has 0 spiro atoms. The lowest BCUT2D eigenvalue weighted by Gasteiger charge is -2.23. The number of hydrogen-bond donors (Lipinski definition) is 0. The lowest BCUT2D eigenvalue weighted by molar-refractivity contribution is -1.03. The molecule has 0 unspecified atom stereocenters. The standard InChI is InChI=1S/C25H26F3IO3S/c1-5-24(3,4)19-8-14-22(15-9-19)29(21-12-6-18(2)7-13-21)32-33(30,31)23-16-10-20(11-17-23)25(26,27)28/h6-17H,5H2,1-4H3/q+1. The third-order valence-electron chi connectivity index (χ3n) is 5.53. The van der Waals surface area contributed by atoms with Crippen molar-refractivity contribution in [3.05, 3.63) is 96.6 Å². The summed E-state index contributed by atoms with van der Waals surface area (Å²) in [5.74, 6) is 0. The molecule has 0 bridgehead atoms. The first-order valence-corrected chi connectivity index (χ1v) is 14.8. The normalized spacial score (nSPS) is 12.8. The van der Waals surface area contributed by atoms with Gasteiger partial charge in [0.15, 0.2) is 7.14 Å². The highest BCUT2D eigenvalue weighted by Gasteiger charge is 2.38. The van der Waals surface area contributed by atoms with Gasteiger partial charge in [0, 0.05) is 0 Å². The number of rotatable bonds is 7. The molecular weight excluding hydrogens is 564 g/mol. The Balaban J connectivity index is 1.99. The Labute approximate surface area is 201 Å². The predicted molar refractivity (Wildman–Crippen MR) is 118 cm³/mol. The molecule has 3 nitrogen and oxygen atoms in total. The minimum Gasteiger partial charge on any atom is -0.190 e.